The molecule has 202 valence electrons. The van der Waals surface area contributed by atoms with E-state index in [4.69, 9.17) is 5.10 Å². The van der Waals surface area contributed by atoms with Gasteiger partial charge in [-0.1, -0.05) is 32.9 Å². The summed E-state index contributed by atoms with van der Waals surface area (Å²) >= 11 is 1.37. The first-order valence-electron chi connectivity index (χ1n) is 11.9. The highest BCUT2D eigenvalue weighted by atomic mass is 35.5. The van der Waals surface area contributed by atoms with Crippen molar-refractivity contribution in [2.24, 2.45) is 0 Å². The Morgan fingerprint density at radius 3 is 2.24 bits per heavy atom. The van der Waals surface area contributed by atoms with Crippen molar-refractivity contribution in [3.63, 3.8) is 0 Å². The molecule has 3 heterocycles. The van der Waals surface area contributed by atoms with Crippen molar-refractivity contribution >= 4 is 34.8 Å². The van der Waals surface area contributed by atoms with E-state index in [2.05, 4.69) is 36.4 Å². The van der Waals surface area contributed by atoms with Gasteiger partial charge in [0.15, 0.2) is 5.13 Å². The highest BCUT2D eigenvalue weighted by Crippen LogP contribution is 2.41. The molecule has 1 amide bonds. The fourth-order valence-electron chi connectivity index (χ4n) is 4.25. The first-order chi connectivity index (χ1) is 16.6. The van der Waals surface area contributed by atoms with Crippen molar-refractivity contribution in [1.82, 2.24) is 20.1 Å². The van der Waals surface area contributed by atoms with Crippen LogP contribution in [-0.2, 0) is 21.9 Å². The lowest BCUT2D eigenvalue weighted by atomic mass is 9.90. The molecular formula is C26H33ClF3N5OS. The second-order valence-corrected chi connectivity index (χ2v) is 12.2. The number of nitrogens with zero attached hydrogens (tertiary/aromatic N) is 3. The number of aromatic nitrogens is 3. The Morgan fingerprint density at radius 1 is 1.08 bits per heavy atom. The van der Waals surface area contributed by atoms with Crippen LogP contribution < -0.4 is 10.6 Å². The second kappa shape index (κ2) is 10.4. The Hall–Kier alpha value is -2.43. The SMILES string of the molecule is CC(C)(C)c1csc(NC(=O)[C@@H]2CC(c3ccn(C(C)(C)C)n3)[C@H](c3ccc(C(F)(F)F)cc3)N2)n1.Cl. The molecule has 2 N–H and O–H groups in total. The van der Waals surface area contributed by atoms with Gasteiger partial charge >= 0.3 is 6.18 Å². The largest absolute Gasteiger partial charge is 0.416 e. The molecule has 0 bridgehead atoms. The summed E-state index contributed by atoms with van der Waals surface area (Å²) in [6, 6.07) is 6.12. The topological polar surface area (TPSA) is 71.8 Å². The number of benzene rings is 1. The van der Waals surface area contributed by atoms with Crippen LogP contribution in [0.15, 0.2) is 41.9 Å². The Bertz CT molecular complexity index is 1220. The highest BCUT2D eigenvalue weighted by molar-refractivity contribution is 7.14. The van der Waals surface area contributed by atoms with Crippen LogP contribution in [0, 0.1) is 0 Å². The lowest BCUT2D eigenvalue weighted by Gasteiger charge is -2.21. The zero-order valence-corrected chi connectivity index (χ0v) is 23.3. The third kappa shape index (κ3) is 6.53. The minimum Gasteiger partial charge on any atom is -0.301 e. The summed E-state index contributed by atoms with van der Waals surface area (Å²) in [4.78, 5) is 17.7. The molecular weight excluding hydrogens is 523 g/mol. The molecule has 0 aliphatic carbocycles. The lowest BCUT2D eigenvalue weighted by Crippen LogP contribution is -2.36. The van der Waals surface area contributed by atoms with Crippen LogP contribution in [0.2, 0.25) is 0 Å². The van der Waals surface area contributed by atoms with Crippen molar-refractivity contribution in [3.8, 4) is 0 Å². The van der Waals surface area contributed by atoms with Crippen molar-refractivity contribution < 1.29 is 18.0 Å². The number of carbonyl (C=O) groups is 1. The molecule has 1 fully saturated rings. The summed E-state index contributed by atoms with van der Waals surface area (Å²) in [6.07, 6.45) is -2.05. The van der Waals surface area contributed by atoms with Crippen LogP contribution in [0.5, 0.6) is 0 Å². The van der Waals surface area contributed by atoms with Crippen molar-refractivity contribution in [3.05, 3.63) is 64.4 Å². The highest BCUT2D eigenvalue weighted by Gasteiger charge is 2.41. The number of hydrogen-bond donors (Lipinski definition) is 2. The van der Waals surface area contributed by atoms with Gasteiger partial charge in [-0.3, -0.25) is 14.8 Å². The van der Waals surface area contributed by atoms with E-state index >= 15 is 0 Å². The van der Waals surface area contributed by atoms with Gasteiger partial charge < -0.3 is 5.32 Å². The zero-order chi connectivity index (χ0) is 26.5. The van der Waals surface area contributed by atoms with Crippen LogP contribution in [0.4, 0.5) is 18.3 Å². The summed E-state index contributed by atoms with van der Waals surface area (Å²) in [7, 11) is 0. The van der Waals surface area contributed by atoms with Gasteiger partial charge in [-0.25, -0.2) is 4.98 Å². The van der Waals surface area contributed by atoms with Crippen LogP contribution >= 0.6 is 23.7 Å². The fraction of sp³-hybridized carbons (Fsp3) is 0.500. The van der Waals surface area contributed by atoms with Crippen LogP contribution in [0.1, 0.15) is 82.4 Å². The molecule has 1 aromatic carbocycles. The molecule has 1 aliphatic rings. The molecule has 3 aromatic rings. The average molecular weight is 556 g/mol. The number of nitrogens with one attached hydrogen (secondary N) is 2. The maximum absolute atomic E-state index is 13.2. The maximum atomic E-state index is 13.2. The number of alkyl halides is 3. The molecule has 37 heavy (non-hydrogen) atoms. The van der Waals surface area contributed by atoms with Crippen molar-refractivity contribution in [2.45, 2.75) is 83.1 Å². The number of carbonyl (C=O) groups excluding carboxylic acids is 1. The minimum absolute atomic E-state index is 0. The summed E-state index contributed by atoms with van der Waals surface area (Å²) in [6.45, 7) is 12.3. The van der Waals surface area contributed by atoms with Gasteiger partial charge in [0.1, 0.15) is 0 Å². The molecule has 2 aromatic heterocycles. The normalized spacial score (nSPS) is 20.5. The molecule has 0 spiro atoms. The molecule has 0 radical (unpaired) electrons. The van der Waals surface area contributed by atoms with Crippen molar-refractivity contribution in [1.29, 1.82) is 0 Å². The molecule has 1 saturated heterocycles. The number of rotatable bonds is 4. The van der Waals surface area contributed by atoms with Crippen molar-refractivity contribution in [2.75, 3.05) is 5.32 Å². The van der Waals surface area contributed by atoms with E-state index in [-0.39, 0.29) is 41.2 Å². The molecule has 11 heteroatoms. The third-order valence-corrected chi connectivity index (χ3v) is 7.12. The Morgan fingerprint density at radius 2 is 1.73 bits per heavy atom. The second-order valence-electron chi connectivity index (χ2n) is 11.3. The molecule has 3 atom stereocenters. The Labute approximate surface area is 225 Å². The molecule has 1 aliphatic heterocycles. The van der Waals surface area contributed by atoms with Crippen LogP contribution in [0.25, 0.3) is 0 Å². The number of amides is 1. The van der Waals surface area contributed by atoms with E-state index in [1.807, 2.05) is 43.1 Å². The van der Waals surface area contributed by atoms with E-state index in [1.54, 1.807) is 0 Å². The fourth-order valence-corrected chi connectivity index (χ4v) is 5.19. The van der Waals surface area contributed by atoms with E-state index in [1.165, 1.54) is 23.5 Å². The number of thiazole rings is 1. The zero-order valence-electron chi connectivity index (χ0n) is 21.7. The first-order valence-corrected chi connectivity index (χ1v) is 12.8. The predicted octanol–water partition coefficient (Wildman–Crippen LogP) is 6.66. The van der Waals surface area contributed by atoms with Crippen LogP contribution in [0.3, 0.4) is 0 Å². The quantitative estimate of drug-likeness (QED) is 0.378. The van der Waals surface area contributed by atoms with Gasteiger partial charge in [0.2, 0.25) is 5.91 Å². The third-order valence-electron chi connectivity index (χ3n) is 6.37. The van der Waals surface area contributed by atoms with Gasteiger partial charge in [-0.15, -0.1) is 23.7 Å². The van der Waals surface area contributed by atoms with Gasteiger partial charge in [0.05, 0.1) is 28.5 Å². The Balaban J connectivity index is 0.00000380. The Kier molecular flexibility index (Phi) is 8.17. The molecule has 0 saturated carbocycles. The summed E-state index contributed by atoms with van der Waals surface area (Å²) in [5, 5.41) is 13.5. The standard InChI is InChI=1S/C26H32F3N5OS.ClH/c1-24(2,3)20-14-36-23(31-20)32-22(35)19-13-17(18-11-12-34(33-18)25(4,5)6)21(30-19)15-7-9-16(10-8-15)26(27,28)29;/h7-12,14,17,19,21,30H,13H2,1-6H3,(H,31,32,35);1H/t17?,19-,21-;/m0./s1. The van der Waals surface area contributed by atoms with E-state index < -0.39 is 17.8 Å². The minimum atomic E-state index is -4.41. The summed E-state index contributed by atoms with van der Waals surface area (Å²) in [5.41, 5.74) is 1.32. The number of halogens is 4. The van der Waals surface area contributed by atoms with E-state index in [9.17, 15) is 18.0 Å². The first kappa shape index (κ1) is 29.1. The summed E-state index contributed by atoms with van der Waals surface area (Å²) in [5.74, 6) is -0.415. The van der Waals surface area contributed by atoms with Gasteiger partial charge in [0.25, 0.3) is 0 Å². The number of anilines is 1. The number of hydrogen-bond acceptors (Lipinski definition) is 5. The predicted molar refractivity (Wildman–Crippen MR) is 142 cm³/mol. The molecule has 6 nitrogen and oxygen atoms in total. The summed E-state index contributed by atoms with van der Waals surface area (Å²) < 4.78 is 41.2. The van der Waals surface area contributed by atoms with Crippen LogP contribution in [-0.4, -0.2) is 26.7 Å². The van der Waals surface area contributed by atoms with E-state index in [0.717, 1.165) is 23.5 Å². The molecule has 4 rings (SSSR count). The molecule has 1 unspecified atom stereocenters. The van der Waals surface area contributed by atoms with E-state index in [0.29, 0.717) is 17.1 Å². The average Bonchev–Trinajstić information content (AvgIpc) is 3.51. The smallest absolute Gasteiger partial charge is 0.301 e. The van der Waals surface area contributed by atoms with Gasteiger partial charge in [-0.2, -0.15) is 18.3 Å². The maximum Gasteiger partial charge on any atom is 0.416 e. The monoisotopic (exact) mass is 555 g/mol. The lowest BCUT2D eigenvalue weighted by molar-refractivity contribution is -0.137. The van der Waals surface area contributed by atoms with Gasteiger partial charge in [-0.05, 0) is 51.0 Å². The van der Waals surface area contributed by atoms with Gasteiger partial charge in [0, 0.05) is 29.0 Å².